The lowest BCUT2D eigenvalue weighted by Gasteiger charge is -2.68. The Morgan fingerprint density at radius 2 is 2.38 bits per heavy atom. The van der Waals surface area contributed by atoms with Gasteiger partial charge in [-0.15, -0.1) is 0 Å². The Balaban J connectivity index is 2.29. The van der Waals surface area contributed by atoms with E-state index in [2.05, 4.69) is 20.4 Å². The Hall–Kier alpha value is -0.260. The van der Waals surface area contributed by atoms with Gasteiger partial charge in [0.1, 0.15) is 0 Å². The fourth-order valence-corrected chi connectivity index (χ4v) is 2.15. The SMILES string of the molecule is C=C1C2CC1(C)C2C. The molecule has 3 saturated carbocycles. The summed E-state index contributed by atoms with van der Waals surface area (Å²) in [5.74, 6) is 1.87. The molecule has 0 aliphatic heterocycles. The van der Waals surface area contributed by atoms with E-state index in [1.165, 1.54) is 12.0 Å². The molecule has 3 unspecified atom stereocenters. The highest BCUT2D eigenvalue weighted by Crippen LogP contribution is 2.71. The molecule has 0 N–H and O–H groups in total. The maximum absolute atomic E-state index is 4.01. The Labute approximate surface area is 50.6 Å². The Morgan fingerprint density at radius 1 is 1.75 bits per heavy atom. The molecule has 0 aromatic carbocycles. The standard InChI is InChI=1S/C8H12/c1-5-7-4-8(5,3)6(7)2/h6-7H,1,4H2,2-3H3. The maximum Gasteiger partial charge on any atom is -0.00791 e. The summed E-state index contributed by atoms with van der Waals surface area (Å²) >= 11 is 0. The van der Waals surface area contributed by atoms with E-state index in [4.69, 9.17) is 0 Å². The van der Waals surface area contributed by atoms with E-state index in [1.807, 2.05) is 0 Å². The van der Waals surface area contributed by atoms with Crippen molar-refractivity contribution in [1.29, 1.82) is 0 Å². The minimum atomic E-state index is 0.588. The first kappa shape index (κ1) is 4.60. The van der Waals surface area contributed by atoms with Crippen LogP contribution in [0.2, 0.25) is 0 Å². The van der Waals surface area contributed by atoms with Crippen molar-refractivity contribution in [2.75, 3.05) is 0 Å². The molecule has 0 aromatic heterocycles. The van der Waals surface area contributed by atoms with Crippen LogP contribution in [0.25, 0.3) is 0 Å². The predicted octanol–water partition coefficient (Wildman–Crippen LogP) is 2.22. The third-order valence-electron chi connectivity index (χ3n) is 3.43. The quantitative estimate of drug-likeness (QED) is 0.417. The zero-order valence-corrected chi connectivity index (χ0v) is 5.57. The van der Waals surface area contributed by atoms with Crippen molar-refractivity contribution < 1.29 is 0 Å². The van der Waals surface area contributed by atoms with E-state index in [9.17, 15) is 0 Å². The van der Waals surface area contributed by atoms with Gasteiger partial charge in [0, 0.05) is 0 Å². The Morgan fingerprint density at radius 3 is 2.38 bits per heavy atom. The van der Waals surface area contributed by atoms with Crippen molar-refractivity contribution in [3.8, 4) is 0 Å². The maximum atomic E-state index is 4.01. The molecule has 3 fully saturated rings. The highest BCUT2D eigenvalue weighted by atomic mass is 14.7. The van der Waals surface area contributed by atoms with E-state index < -0.39 is 0 Å². The lowest BCUT2D eigenvalue weighted by Crippen LogP contribution is -2.60. The molecule has 2 bridgehead atoms. The van der Waals surface area contributed by atoms with Crippen molar-refractivity contribution in [3.63, 3.8) is 0 Å². The molecule has 0 spiro atoms. The molecule has 0 saturated heterocycles. The smallest absolute Gasteiger partial charge is 0.00791 e. The summed E-state index contributed by atoms with van der Waals surface area (Å²) < 4.78 is 0. The summed E-state index contributed by atoms with van der Waals surface area (Å²) in [5, 5.41) is 0. The lowest BCUT2D eigenvalue weighted by molar-refractivity contribution is -0.0740. The molecule has 3 rings (SSSR count). The van der Waals surface area contributed by atoms with Gasteiger partial charge in [-0.2, -0.15) is 0 Å². The lowest BCUT2D eigenvalue weighted by atomic mass is 9.36. The van der Waals surface area contributed by atoms with Crippen LogP contribution in [0, 0.1) is 17.3 Å². The van der Waals surface area contributed by atoms with Gasteiger partial charge in [-0.1, -0.05) is 26.0 Å². The van der Waals surface area contributed by atoms with Gasteiger partial charge in [0.2, 0.25) is 0 Å². The topological polar surface area (TPSA) is 0 Å². The molecular weight excluding hydrogens is 96.1 g/mol. The van der Waals surface area contributed by atoms with Gasteiger partial charge in [0.05, 0.1) is 0 Å². The fraction of sp³-hybridized carbons (Fsp3) is 0.750. The summed E-state index contributed by atoms with van der Waals surface area (Å²) in [7, 11) is 0. The van der Waals surface area contributed by atoms with Crippen LogP contribution < -0.4 is 0 Å². The van der Waals surface area contributed by atoms with Crippen LogP contribution in [-0.4, -0.2) is 0 Å². The normalized spacial score (nSPS) is 59.5. The van der Waals surface area contributed by atoms with E-state index in [1.54, 1.807) is 0 Å². The molecule has 0 heterocycles. The molecule has 3 atom stereocenters. The molecule has 0 heteroatoms. The average Bonchev–Trinajstić information content (AvgIpc) is 1.83. The number of rotatable bonds is 0. The van der Waals surface area contributed by atoms with Crippen LogP contribution in [0.3, 0.4) is 0 Å². The molecule has 44 valence electrons. The van der Waals surface area contributed by atoms with Gasteiger partial charge in [0.15, 0.2) is 0 Å². The van der Waals surface area contributed by atoms with Crippen LogP contribution in [0.4, 0.5) is 0 Å². The van der Waals surface area contributed by atoms with Crippen LogP contribution in [-0.2, 0) is 0 Å². The monoisotopic (exact) mass is 108 g/mol. The second kappa shape index (κ2) is 0.896. The van der Waals surface area contributed by atoms with Gasteiger partial charge >= 0.3 is 0 Å². The largest absolute Gasteiger partial charge is 0.0990 e. The number of allylic oxidation sites excluding steroid dienone is 1. The molecule has 0 amide bonds. The first-order valence-electron chi connectivity index (χ1n) is 3.35. The first-order valence-corrected chi connectivity index (χ1v) is 3.35. The van der Waals surface area contributed by atoms with Crippen molar-refractivity contribution in [2.24, 2.45) is 17.3 Å². The van der Waals surface area contributed by atoms with Gasteiger partial charge < -0.3 is 0 Å². The van der Waals surface area contributed by atoms with Crippen LogP contribution in [0.1, 0.15) is 20.3 Å². The van der Waals surface area contributed by atoms with E-state index in [0.717, 1.165) is 11.8 Å². The van der Waals surface area contributed by atoms with Crippen molar-refractivity contribution in [2.45, 2.75) is 20.3 Å². The summed E-state index contributed by atoms with van der Waals surface area (Å²) in [4.78, 5) is 0. The summed E-state index contributed by atoms with van der Waals surface area (Å²) in [6.45, 7) is 8.68. The minimum absolute atomic E-state index is 0.588. The summed E-state index contributed by atoms with van der Waals surface area (Å²) in [6, 6.07) is 0. The van der Waals surface area contributed by atoms with Crippen molar-refractivity contribution in [3.05, 3.63) is 12.2 Å². The second-order valence-electron chi connectivity index (χ2n) is 3.54. The molecule has 8 heavy (non-hydrogen) atoms. The molecule has 0 aromatic rings. The molecule has 3 aliphatic carbocycles. The fourth-order valence-electron chi connectivity index (χ4n) is 2.15. The third-order valence-corrected chi connectivity index (χ3v) is 3.43. The summed E-state index contributed by atoms with van der Waals surface area (Å²) in [5.41, 5.74) is 2.11. The molecule has 0 nitrogen and oxygen atoms in total. The van der Waals surface area contributed by atoms with Crippen LogP contribution >= 0.6 is 0 Å². The molecule has 3 aliphatic rings. The minimum Gasteiger partial charge on any atom is -0.0990 e. The van der Waals surface area contributed by atoms with Crippen molar-refractivity contribution >= 4 is 0 Å². The van der Waals surface area contributed by atoms with Crippen LogP contribution in [0.15, 0.2) is 12.2 Å². The highest BCUT2D eigenvalue weighted by molar-refractivity contribution is 5.36. The van der Waals surface area contributed by atoms with Crippen LogP contribution in [0.5, 0.6) is 0 Å². The van der Waals surface area contributed by atoms with Crippen molar-refractivity contribution in [1.82, 2.24) is 0 Å². The second-order valence-corrected chi connectivity index (χ2v) is 3.54. The highest BCUT2D eigenvalue weighted by Gasteiger charge is 2.62. The molecule has 0 radical (unpaired) electrons. The van der Waals surface area contributed by atoms with E-state index in [0.29, 0.717) is 5.41 Å². The average molecular weight is 108 g/mol. The first-order chi connectivity index (χ1) is 3.66. The van der Waals surface area contributed by atoms with Gasteiger partial charge in [-0.05, 0) is 23.7 Å². The zero-order chi connectivity index (χ0) is 5.94. The summed E-state index contributed by atoms with van der Waals surface area (Å²) in [6.07, 6.45) is 1.42. The van der Waals surface area contributed by atoms with Gasteiger partial charge in [-0.25, -0.2) is 0 Å². The predicted molar refractivity (Wildman–Crippen MR) is 34.5 cm³/mol. The third kappa shape index (κ3) is 0.211. The number of hydrogen-bond acceptors (Lipinski definition) is 0. The van der Waals surface area contributed by atoms with E-state index in [-0.39, 0.29) is 0 Å². The molecular formula is C8H12. The Bertz CT molecular complexity index is 157. The van der Waals surface area contributed by atoms with Gasteiger partial charge in [0.25, 0.3) is 0 Å². The van der Waals surface area contributed by atoms with E-state index >= 15 is 0 Å². The Kier molecular flexibility index (Phi) is 0.516. The number of hydrogen-bond donors (Lipinski definition) is 0. The van der Waals surface area contributed by atoms with Gasteiger partial charge in [-0.3, -0.25) is 0 Å². The zero-order valence-electron chi connectivity index (χ0n) is 5.57.